The number of piperidine rings is 1. The highest BCUT2D eigenvalue weighted by atomic mass is 32.2. The van der Waals surface area contributed by atoms with E-state index in [1.54, 1.807) is 0 Å². The SMILES string of the molecule is CS(=O)C1CCN(CCN[C@]23CCC[C@@H]2[C@H]2CCC4[C@@](C)(CCC5C(C)(C)C(C6=CCC(C#N)(C(=O)O)CC6)=CC[C@@]54C)C2CC3)CC1. The summed E-state index contributed by atoms with van der Waals surface area (Å²) in [6.45, 7) is 14.8. The van der Waals surface area contributed by atoms with Gasteiger partial charge in [0, 0.05) is 40.9 Å². The van der Waals surface area contributed by atoms with Crippen molar-refractivity contribution in [2.75, 3.05) is 32.4 Å². The van der Waals surface area contributed by atoms with Gasteiger partial charge in [-0.1, -0.05) is 46.3 Å². The fraction of sp³-hybridized carbons (Fsp3) is 0.854. The van der Waals surface area contributed by atoms with Crippen molar-refractivity contribution >= 4 is 16.8 Å². The average Bonchev–Trinajstić information content (AvgIpc) is 3.49. The van der Waals surface area contributed by atoms with Crippen LogP contribution in [0.25, 0.3) is 0 Å². The Kier molecular flexibility index (Phi) is 9.19. The standard InChI is InChI=1S/C41H63N3O3S/c1-37(2)31(28-10-20-40(27-42,21-11-28)36(45)46)12-18-39(4)34(37)14-19-38(3)32-13-22-41(17-6-7-33(41)30(32)8-9-35(38)39)43-23-26-44-24-15-29(16-25-44)48(5)47/h10,12,29-30,32-35,43H,6-9,11,13-26H2,1-5H3,(H,45,46)/t30-,32?,33+,34?,35?,38-,39-,40?,41-,48?/m0/s1. The molecular weight excluding hydrogens is 615 g/mol. The summed E-state index contributed by atoms with van der Waals surface area (Å²) < 4.78 is 12.0. The third kappa shape index (κ3) is 5.44. The number of allylic oxidation sites excluding steroid dienone is 4. The summed E-state index contributed by atoms with van der Waals surface area (Å²) in [6.07, 6.45) is 23.6. The van der Waals surface area contributed by atoms with Crippen LogP contribution in [0.4, 0.5) is 0 Å². The Morgan fingerprint density at radius 3 is 2.38 bits per heavy atom. The lowest BCUT2D eigenvalue weighted by Crippen LogP contribution is -2.64. The van der Waals surface area contributed by atoms with Crippen LogP contribution < -0.4 is 5.32 Å². The number of carboxylic acid groups (broad SMARTS) is 1. The average molecular weight is 678 g/mol. The van der Waals surface area contributed by atoms with Crippen molar-refractivity contribution in [3.8, 4) is 6.07 Å². The van der Waals surface area contributed by atoms with E-state index in [-0.39, 0.29) is 10.8 Å². The second-order valence-corrected chi connectivity index (χ2v) is 20.3. The Morgan fingerprint density at radius 2 is 1.71 bits per heavy atom. The normalized spacial score (nSPS) is 45.0. The van der Waals surface area contributed by atoms with Crippen LogP contribution in [0.5, 0.6) is 0 Å². The zero-order valence-corrected chi connectivity index (χ0v) is 31.4. The molecule has 7 aliphatic rings. The van der Waals surface area contributed by atoms with Gasteiger partial charge in [-0.15, -0.1) is 0 Å². The maximum absolute atomic E-state index is 12.0. The van der Waals surface area contributed by atoms with Crippen molar-refractivity contribution in [2.24, 2.45) is 51.2 Å². The molecule has 1 aliphatic heterocycles. The van der Waals surface area contributed by atoms with Crippen molar-refractivity contribution < 1.29 is 14.1 Å². The van der Waals surface area contributed by atoms with E-state index in [9.17, 15) is 19.4 Å². The highest BCUT2D eigenvalue weighted by Crippen LogP contribution is 2.72. The minimum atomic E-state index is -1.26. The van der Waals surface area contributed by atoms with Crippen molar-refractivity contribution in [2.45, 2.75) is 135 Å². The third-order valence-electron chi connectivity index (χ3n) is 16.5. The highest BCUT2D eigenvalue weighted by molar-refractivity contribution is 7.84. The molecule has 7 rings (SSSR count). The van der Waals surface area contributed by atoms with Gasteiger partial charge in [-0.3, -0.25) is 9.00 Å². The van der Waals surface area contributed by atoms with Crippen LogP contribution >= 0.6 is 0 Å². The summed E-state index contributed by atoms with van der Waals surface area (Å²) in [5.41, 5.74) is 2.59. The smallest absolute Gasteiger partial charge is 0.324 e. The molecule has 0 radical (unpaired) electrons. The first-order valence-electron chi connectivity index (χ1n) is 19.6. The van der Waals surface area contributed by atoms with Crippen LogP contribution in [0.2, 0.25) is 0 Å². The molecule has 2 N–H and O–H groups in total. The Hall–Kier alpha value is -1.49. The van der Waals surface area contributed by atoms with Gasteiger partial charge in [0.05, 0.1) is 6.07 Å². The molecule has 0 aromatic carbocycles. The molecule has 1 heterocycles. The van der Waals surface area contributed by atoms with Crippen LogP contribution in [-0.4, -0.2) is 63.4 Å². The van der Waals surface area contributed by atoms with E-state index in [1.165, 1.54) is 68.9 Å². The lowest BCUT2D eigenvalue weighted by molar-refractivity contribution is -0.175. The van der Waals surface area contributed by atoms with Gasteiger partial charge >= 0.3 is 5.97 Å². The molecule has 0 bridgehead atoms. The monoisotopic (exact) mass is 677 g/mol. The molecule has 7 heteroatoms. The number of carbonyl (C=O) groups is 1. The summed E-state index contributed by atoms with van der Waals surface area (Å²) in [7, 11) is -0.681. The maximum Gasteiger partial charge on any atom is 0.324 e. The maximum atomic E-state index is 12.0. The van der Waals surface area contributed by atoms with E-state index < -0.39 is 22.2 Å². The fourth-order valence-corrected chi connectivity index (χ4v) is 14.9. The number of aliphatic carboxylic acids is 1. The Morgan fingerprint density at radius 1 is 0.938 bits per heavy atom. The molecule has 0 aromatic heterocycles. The number of rotatable bonds is 7. The van der Waals surface area contributed by atoms with Gasteiger partial charge in [-0.25, -0.2) is 0 Å². The molecule has 0 amide bonds. The zero-order valence-electron chi connectivity index (χ0n) is 30.6. The molecule has 1 saturated heterocycles. The number of carboxylic acids is 1. The molecule has 5 unspecified atom stereocenters. The van der Waals surface area contributed by atoms with E-state index in [1.807, 2.05) is 6.26 Å². The van der Waals surface area contributed by atoms with E-state index in [4.69, 9.17) is 0 Å². The Balaban J connectivity index is 1.05. The molecule has 5 fully saturated rings. The van der Waals surface area contributed by atoms with Crippen LogP contribution in [0, 0.1) is 62.6 Å². The Labute approximate surface area is 293 Å². The first kappa shape index (κ1) is 34.9. The van der Waals surface area contributed by atoms with Crippen LogP contribution in [0.15, 0.2) is 23.3 Å². The van der Waals surface area contributed by atoms with E-state index in [0.717, 1.165) is 69.1 Å². The molecule has 4 saturated carbocycles. The number of nitriles is 1. The summed E-state index contributed by atoms with van der Waals surface area (Å²) in [5.74, 6) is 2.93. The van der Waals surface area contributed by atoms with E-state index in [0.29, 0.717) is 41.4 Å². The molecule has 6 aliphatic carbocycles. The second kappa shape index (κ2) is 12.6. The lowest BCUT2D eigenvalue weighted by atomic mass is 9.37. The van der Waals surface area contributed by atoms with Gasteiger partial charge < -0.3 is 15.3 Å². The molecule has 0 aromatic rings. The van der Waals surface area contributed by atoms with Crippen LogP contribution in [-0.2, 0) is 15.6 Å². The Bertz CT molecular complexity index is 1410. The number of hydrogen-bond acceptors (Lipinski definition) is 5. The fourth-order valence-electron chi connectivity index (χ4n) is 14.0. The highest BCUT2D eigenvalue weighted by Gasteiger charge is 2.65. The lowest BCUT2D eigenvalue weighted by Gasteiger charge is -2.68. The number of nitrogens with one attached hydrogen (secondary N) is 1. The van der Waals surface area contributed by atoms with Gasteiger partial charge in [0.25, 0.3) is 0 Å². The number of hydrogen-bond donors (Lipinski definition) is 2. The summed E-state index contributed by atoms with van der Waals surface area (Å²) in [4.78, 5) is 14.6. The summed E-state index contributed by atoms with van der Waals surface area (Å²) in [6, 6.07) is 2.14. The van der Waals surface area contributed by atoms with Crippen molar-refractivity contribution in [1.82, 2.24) is 10.2 Å². The van der Waals surface area contributed by atoms with Gasteiger partial charge in [-0.05, 0) is 160 Å². The summed E-state index contributed by atoms with van der Waals surface area (Å²) in [5, 5.41) is 24.1. The van der Waals surface area contributed by atoms with Crippen molar-refractivity contribution in [3.63, 3.8) is 0 Å². The predicted octanol–water partition coefficient (Wildman–Crippen LogP) is 7.88. The molecule has 266 valence electrons. The molecule has 0 spiro atoms. The number of likely N-dealkylation sites (tertiary alicyclic amines) is 1. The molecule has 10 atom stereocenters. The first-order chi connectivity index (χ1) is 22.8. The molecule has 6 nitrogen and oxygen atoms in total. The first-order valence-corrected chi connectivity index (χ1v) is 21.3. The predicted molar refractivity (Wildman–Crippen MR) is 194 cm³/mol. The van der Waals surface area contributed by atoms with Crippen molar-refractivity contribution in [1.29, 1.82) is 5.26 Å². The van der Waals surface area contributed by atoms with Gasteiger partial charge in [0.15, 0.2) is 5.41 Å². The topological polar surface area (TPSA) is 93.4 Å². The quantitative estimate of drug-likeness (QED) is 0.285. The largest absolute Gasteiger partial charge is 0.480 e. The van der Waals surface area contributed by atoms with Crippen LogP contribution in [0.3, 0.4) is 0 Å². The minimum Gasteiger partial charge on any atom is -0.480 e. The van der Waals surface area contributed by atoms with E-state index in [2.05, 4.69) is 56.1 Å². The minimum absolute atomic E-state index is 0.0485. The van der Waals surface area contributed by atoms with Gasteiger partial charge in [-0.2, -0.15) is 5.26 Å². The van der Waals surface area contributed by atoms with Gasteiger partial charge in [0.2, 0.25) is 0 Å². The van der Waals surface area contributed by atoms with Gasteiger partial charge in [0.1, 0.15) is 0 Å². The molecule has 48 heavy (non-hydrogen) atoms. The zero-order chi connectivity index (χ0) is 34.1. The van der Waals surface area contributed by atoms with Crippen LogP contribution in [0.1, 0.15) is 124 Å². The summed E-state index contributed by atoms with van der Waals surface area (Å²) >= 11 is 0. The number of nitrogens with zero attached hydrogens (tertiary/aromatic N) is 2. The van der Waals surface area contributed by atoms with E-state index >= 15 is 0 Å². The number of fused-ring (bicyclic) bond motifs is 7. The third-order valence-corrected chi connectivity index (χ3v) is 17.9. The van der Waals surface area contributed by atoms with Crippen molar-refractivity contribution in [3.05, 3.63) is 23.3 Å². The second-order valence-electron chi connectivity index (χ2n) is 18.6. The molecular formula is C41H63N3O3S.